The Bertz CT molecular complexity index is 547. The highest BCUT2D eigenvalue weighted by molar-refractivity contribution is 5.61. The molecule has 0 saturated heterocycles. The van der Waals surface area contributed by atoms with Gasteiger partial charge in [-0.15, -0.1) is 0 Å². The van der Waals surface area contributed by atoms with Crippen LogP contribution in [0.1, 0.15) is 22.4 Å². The van der Waals surface area contributed by atoms with Gasteiger partial charge in [0.05, 0.1) is 12.3 Å². The summed E-state index contributed by atoms with van der Waals surface area (Å²) in [7, 11) is 0. The Kier molecular flexibility index (Phi) is 3.25. The molecule has 0 amide bonds. The van der Waals surface area contributed by atoms with Gasteiger partial charge in [-0.3, -0.25) is 4.98 Å². The van der Waals surface area contributed by atoms with Gasteiger partial charge in [0.25, 0.3) is 0 Å². The van der Waals surface area contributed by atoms with Gasteiger partial charge in [0, 0.05) is 11.3 Å². The molecule has 0 fully saturated rings. The number of aliphatic hydroxyl groups is 1. The molecule has 2 rings (SSSR count). The van der Waals surface area contributed by atoms with Crippen molar-refractivity contribution in [1.82, 2.24) is 4.98 Å². The molecule has 0 radical (unpaired) electrons. The van der Waals surface area contributed by atoms with Crippen LogP contribution >= 0.6 is 0 Å². The highest BCUT2D eigenvalue weighted by Gasteiger charge is 2.04. The fourth-order valence-corrected chi connectivity index (χ4v) is 1.82. The molecule has 0 aliphatic carbocycles. The van der Waals surface area contributed by atoms with Crippen LogP contribution in [0.15, 0.2) is 30.3 Å². The van der Waals surface area contributed by atoms with E-state index in [0.29, 0.717) is 0 Å². The van der Waals surface area contributed by atoms with E-state index in [1.54, 1.807) is 0 Å². The molecule has 1 heterocycles. The third-order valence-corrected chi connectivity index (χ3v) is 3.17. The Morgan fingerprint density at radius 2 is 1.76 bits per heavy atom. The van der Waals surface area contributed by atoms with E-state index in [1.165, 1.54) is 11.1 Å². The summed E-state index contributed by atoms with van der Waals surface area (Å²) in [4.78, 5) is 4.52. The van der Waals surface area contributed by atoms with Crippen molar-refractivity contribution in [3.8, 4) is 11.3 Å². The first-order chi connectivity index (χ1) is 8.11. The topological polar surface area (TPSA) is 33.1 Å². The van der Waals surface area contributed by atoms with Crippen molar-refractivity contribution in [3.63, 3.8) is 0 Å². The largest absolute Gasteiger partial charge is 0.392 e. The third kappa shape index (κ3) is 2.37. The van der Waals surface area contributed by atoms with Crippen molar-refractivity contribution < 1.29 is 5.11 Å². The Hall–Kier alpha value is -1.67. The van der Waals surface area contributed by atoms with Gasteiger partial charge in [-0.05, 0) is 49.6 Å². The summed E-state index contributed by atoms with van der Waals surface area (Å²) in [6.45, 7) is 6.18. The molecule has 0 bridgehead atoms. The second-order valence-electron chi connectivity index (χ2n) is 4.40. The van der Waals surface area contributed by atoms with Crippen LogP contribution < -0.4 is 0 Å². The predicted molar refractivity (Wildman–Crippen MR) is 69.8 cm³/mol. The molecule has 0 atom stereocenters. The quantitative estimate of drug-likeness (QED) is 0.854. The summed E-state index contributed by atoms with van der Waals surface area (Å²) in [6, 6.07) is 10.2. The molecule has 1 aromatic carbocycles. The van der Waals surface area contributed by atoms with Crippen molar-refractivity contribution in [3.05, 3.63) is 52.7 Å². The zero-order valence-corrected chi connectivity index (χ0v) is 10.5. The van der Waals surface area contributed by atoms with Gasteiger partial charge in [-0.1, -0.05) is 18.2 Å². The van der Waals surface area contributed by atoms with Crippen molar-refractivity contribution in [2.24, 2.45) is 0 Å². The summed E-state index contributed by atoms with van der Waals surface area (Å²) in [5.74, 6) is 0. The van der Waals surface area contributed by atoms with Gasteiger partial charge in [-0.2, -0.15) is 0 Å². The van der Waals surface area contributed by atoms with Crippen LogP contribution in [0.2, 0.25) is 0 Å². The van der Waals surface area contributed by atoms with Crippen LogP contribution in [0, 0.1) is 20.8 Å². The standard InChI is InChI=1S/C15H17NO/c1-10-4-5-13(8-11(10)2)15-7-6-14(9-17)12(3)16-15/h4-8,17H,9H2,1-3H3. The summed E-state index contributed by atoms with van der Waals surface area (Å²) < 4.78 is 0. The molecule has 0 spiro atoms. The van der Waals surface area contributed by atoms with E-state index in [-0.39, 0.29) is 6.61 Å². The predicted octanol–water partition coefficient (Wildman–Crippen LogP) is 3.17. The Morgan fingerprint density at radius 1 is 1.00 bits per heavy atom. The van der Waals surface area contributed by atoms with E-state index >= 15 is 0 Å². The number of aromatic nitrogens is 1. The first-order valence-corrected chi connectivity index (χ1v) is 5.77. The number of hydrogen-bond acceptors (Lipinski definition) is 2. The van der Waals surface area contributed by atoms with Gasteiger partial charge in [0.1, 0.15) is 0 Å². The molecule has 0 unspecified atom stereocenters. The van der Waals surface area contributed by atoms with Crippen LogP contribution in [0.4, 0.5) is 0 Å². The molecule has 2 aromatic rings. The Morgan fingerprint density at radius 3 is 2.35 bits per heavy atom. The number of rotatable bonds is 2. The summed E-state index contributed by atoms with van der Waals surface area (Å²) >= 11 is 0. The minimum atomic E-state index is 0.0477. The maximum atomic E-state index is 9.12. The van der Waals surface area contributed by atoms with Crippen LogP contribution in [0.3, 0.4) is 0 Å². The SMILES string of the molecule is Cc1ccc(-c2ccc(CO)c(C)n2)cc1C. The minimum absolute atomic E-state index is 0.0477. The minimum Gasteiger partial charge on any atom is -0.392 e. The second kappa shape index (κ2) is 4.68. The number of aryl methyl sites for hydroxylation is 3. The van der Waals surface area contributed by atoms with Crippen molar-refractivity contribution in [2.45, 2.75) is 27.4 Å². The lowest BCUT2D eigenvalue weighted by Crippen LogP contribution is -1.94. The van der Waals surface area contributed by atoms with E-state index in [1.807, 2.05) is 19.1 Å². The van der Waals surface area contributed by atoms with Gasteiger partial charge in [0.2, 0.25) is 0 Å². The first-order valence-electron chi connectivity index (χ1n) is 5.77. The number of nitrogens with zero attached hydrogens (tertiary/aromatic N) is 1. The van der Waals surface area contributed by atoms with E-state index < -0.39 is 0 Å². The highest BCUT2D eigenvalue weighted by atomic mass is 16.3. The van der Waals surface area contributed by atoms with Gasteiger partial charge in [-0.25, -0.2) is 0 Å². The normalized spacial score (nSPS) is 10.6. The second-order valence-corrected chi connectivity index (χ2v) is 4.40. The molecule has 17 heavy (non-hydrogen) atoms. The molecule has 0 aliphatic rings. The molecular formula is C15H17NO. The molecule has 1 aromatic heterocycles. The number of pyridine rings is 1. The Labute approximate surface area is 102 Å². The fourth-order valence-electron chi connectivity index (χ4n) is 1.82. The maximum absolute atomic E-state index is 9.12. The monoisotopic (exact) mass is 227 g/mol. The van der Waals surface area contributed by atoms with Crippen LogP contribution in [-0.2, 0) is 6.61 Å². The van der Waals surface area contributed by atoms with Crippen molar-refractivity contribution in [2.75, 3.05) is 0 Å². The van der Waals surface area contributed by atoms with Crippen molar-refractivity contribution in [1.29, 1.82) is 0 Å². The summed E-state index contributed by atoms with van der Waals surface area (Å²) in [5, 5.41) is 9.12. The Balaban J connectivity index is 2.46. The van der Waals surface area contributed by atoms with Gasteiger partial charge < -0.3 is 5.11 Å². The number of benzene rings is 1. The lowest BCUT2D eigenvalue weighted by Gasteiger charge is -2.07. The molecule has 2 heteroatoms. The lowest BCUT2D eigenvalue weighted by atomic mass is 10.0. The van der Waals surface area contributed by atoms with Crippen molar-refractivity contribution >= 4 is 0 Å². The fraction of sp³-hybridized carbons (Fsp3) is 0.267. The zero-order chi connectivity index (χ0) is 12.4. The molecular weight excluding hydrogens is 210 g/mol. The average Bonchev–Trinajstić information content (AvgIpc) is 2.32. The van der Waals surface area contributed by atoms with E-state index in [4.69, 9.17) is 5.11 Å². The lowest BCUT2D eigenvalue weighted by molar-refractivity contribution is 0.280. The van der Waals surface area contributed by atoms with E-state index in [2.05, 4.69) is 37.0 Å². The first kappa shape index (κ1) is 11.8. The molecule has 0 aliphatic heterocycles. The van der Waals surface area contributed by atoms with Gasteiger partial charge >= 0.3 is 0 Å². The molecule has 88 valence electrons. The third-order valence-electron chi connectivity index (χ3n) is 3.17. The zero-order valence-electron chi connectivity index (χ0n) is 10.5. The average molecular weight is 227 g/mol. The number of aliphatic hydroxyl groups excluding tert-OH is 1. The highest BCUT2D eigenvalue weighted by Crippen LogP contribution is 2.21. The number of hydrogen-bond donors (Lipinski definition) is 1. The van der Waals surface area contributed by atoms with Gasteiger partial charge in [0.15, 0.2) is 0 Å². The maximum Gasteiger partial charge on any atom is 0.0705 e. The van der Waals surface area contributed by atoms with Crippen LogP contribution in [0.25, 0.3) is 11.3 Å². The van der Waals surface area contributed by atoms with Crippen LogP contribution in [0.5, 0.6) is 0 Å². The molecule has 1 N–H and O–H groups in total. The van der Waals surface area contributed by atoms with E-state index in [0.717, 1.165) is 22.5 Å². The van der Waals surface area contributed by atoms with E-state index in [9.17, 15) is 0 Å². The summed E-state index contributed by atoms with van der Waals surface area (Å²) in [5.41, 5.74) is 6.43. The summed E-state index contributed by atoms with van der Waals surface area (Å²) in [6.07, 6.45) is 0. The molecule has 0 saturated carbocycles. The van der Waals surface area contributed by atoms with Crippen LogP contribution in [-0.4, -0.2) is 10.1 Å². The smallest absolute Gasteiger partial charge is 0.0705 e. The molecule has 2 nitrogen and oxygen atoms in total.